The van der Waals surface area contributed by atoms with E-state index in [2.05, 4.69) is 15.6 Å². The molecule has 0 saturated carbocycles. The van der Waals surface area contributed by atoms with Crippen LogP contribution in [-0.4, -0.2) is 24.5 Å². The van der Waals surface area contributed by atoms with Crippen LogP contribution < -0.4 is 10.6 Å². The second-order valence-corrected chi connectivity index (χ2v) is 4.03. The number of rotatable bonds is 5. The molecule has 0 aliphatic heterocycles. The molecule has 0 bridgehead atoms. The number of nitrogens with one attached hydrogen (secondary N) is 3. The van der Waals surface area contributed by atoms with Gasteiger partial charge in [0.05, 0.1) is 0 Å². The summed E-state index contributed by atoms with van der Waals surface area (Å²) in [7, 11) is 1.84. The molecule has 2 aromatic rings. The van der Waals surface area contributed by atoms with Crippen LogP contribution in [-0.2, 0) is 6.42 Å². The van der Waals surface area contributed by atoms with Crippen LogP contribution in [0.4, 0.5) is 5.69 Å². The molecule has 1 amide bonds. The quantitative estimate of drug-likeness (QED) is 0.752. The summed E-state index contributed by atoms with van der Waals surface area (Å²) in [6, 6.07) is 11.4. The number of hydrogen-bond donors (Lipinski definition) is 3. The molecule has 18 heavy (non-hydrogen) atoms. The Morgan fingerprint density at radius 2 is 2.17 bits per heavy atom. The lowest BCUT2D eigenvalue weighted by Crippen LogP contribution is -2.25. The lowest BCUT2D eigenvalue weighted by molar-refractivity contribution is 0.0954. The van der Waals surface area contributed by atoms with Gasteiger partial charge in [-0.2, -0.15) is 0 Å². The minimum absolute atomic E-state index is 0.0429. The van der Waals surface area contributed by atoms with E-state index in [0.717, 1.165) is 17.8 Å². The van der Waals surface area contributed by atoms with Crippen molar-refractivity contribution in [2.45, 2.75) is 6.42 Å². The molecule has 1 aromatic carbocycles. The number of H-pyrrole nitrogens is 1. The summed E-state index contributed by atoms with van der Waals surface area (Å²) in [5.74, 6) is -0.0429. The van der Waals surface area contributed by atoms with E-state index < -0.39 is 0 Å². The predicted octanol–water partition coefficient (Wildman–Crippen LogP) is 2.03. The van der Waals surface area contributed by atoms with Crippen molar-refractivity contribution in [3.63, 3.8) is 0 Å². The van der Waals surface area contributed by atoms with Crippen LogP contribution in [0.5, 0.6) is 0 Å². The van der Waals surface area contributed by atoms with Gasteiger partial charge >= 0.3 is 0 Å². The van der Waals surface area contributed by atoms with Gasteiger partial charge in [-0.1, -0.05) is 6.07 Å². The molecular weight excluding hydrogens is 226 g/mol. The summed E-state index contributed by atoms with van der Waals surface area (Å²) < 4.78 is 0. The smallest absolute Gasteiger partial charge is 0.251 e. The molecule has 0 atom stereocenters. The van der Waals surface area contributed by atoms with E-state index in [4.69, 9.17) is 0 Å². The van der Waals surface area contributed by atoms with E-state index in [-0.39, 0.29) is 5.91 Å². The first-order chi connectivity index (χ1) is 8.79. The van der Waals surface area contributed by atoms with E-state index in [1.165, 1.54) is 0 Å². The Morgan fingerprint density at radius 1 is 1.28 bits per heavy atom. The van der Waals surface area contributed by atoms with E-state index in [0.29, 0.717) is 12.1 Å². The van der Waals surface area contributed by atoms with E-state index in [1.807, 2.05) is 49.6 Å². The fourth-order valence-corrected chi connectivity index (χ4v) is 1.75. The largest absolute Gasteiger partial charge is 0.388 e. The fourth-order valence-electron chi connectivity index (χ4n) is 1.75. The number of carbonyl (C=O) groups excluding carboxylic acids is 1. The van der Waals surface area contributed by atoms with Gasteiger partial charge in [-0.3, -0.25) is 4.79 Å². The molecule has 4 heteroatoms. The van der Waals surface area contributed by atoms with Gasteiger partial charge in [0.25, 0.3) is 5.91 Å². The topological polar surface area (TPSA) is 56.9 Å². The number of carbonyl (C=O) groups is 1. The van der Waals surface area contributed by atoms with Crippen LogP contribution in [0.15, 0.2) is 42.6 Å². The highest BCUT2D eigenvalue weighted by molar-refractivity contribution is 5.95. The third-order valence-corrected chi connectivity index (χ3v) is 2.76. The molecule has 1 heterocycles. The maximum atomic E-state index is 11.9. The van der Waals surface area contributed by atoms with Gasteiger partial charge < -0.3 is 15.6 Å². The Balaban J connectivity index is 1.87. The Morgan fingerprint density at radius 3 is 2.89 bits per heavy atom. The number of aromatic amines is 1. The molecule has 4 nitrogen and oxygen atoms in total. The number of hydrogen-bond acceptors (Lipinski definition) is 2. The number of aromatic nitrogens is 1. The summed E-state index contributed by atoms with van der Waals surface area (Å²) in [5, 5.41) is 5.92. The van der Waals surface area contributed by atoms with Gasteiger partial charge in [-0.05, 0) is 30.3 Å². The maximum absolute atomic E-state index is 11.9. The third kappa shape index (κ3) is 3.13. The van der Waals surface area contributed by atoms with Crippen LogP contribution in [0.3, 0.4) is 0 Å². The van der Waals surface area contributed by atoms with E-state index >= 15 is 0 Å². The average molecular weight is 243 g/mol. The van der Waals surface area contributed by atoms with Crippen molar-refractivity contribution in [2.24, 2.45) is 0 Å². The van der Waals surface area contributed by atoms with Crippen LogP contribution in [0, 0.1) is 0 Å². The summed E-state index contributed by atoms with van der Waals surface area (Å²) in [6.45, 7) is 0.628. The van der Waals surface area contributed by atoms with Crippen LogP contribution >= 0.6 is 0 Å². The van der Waals surface area contributed by atoms with Gasteiger partial charge in [0.2, 0.25) is 0 Å². The first-order valence-corrected chi connectivity index (χ1v) is 5.98. The van der Waals surface area contributed by atoms with E-state index in [9.17, 15) is 4.79 Å². The van der Waals surface area contributed by atoms with Crippen molar-refractivity contribution >= 4 is 11.6 Å². The first kappa shape index (κ1) is 12.2. The van der Waals surface area contributed by atoms with Crippen LogP contribution in [0.25, 0.3) is 0 Å². The first-order valence-electron chi connectivity index (χ1n) is 5.98. The third-order valence-electron chi connectivity index (χ3n) is 2.76. The van der Waals surface area contributed by atoms with Gasteiger partial charge in [0, 0.05) is 43.2 Å². The molecule has 0 radical (unpaired) electrons. The Hall–Kier alpha value is -2.23. The van der Waals surface area contributed by atoms with Crippen molar-refractivity contribution in [1.29, 1.82) is 0 Å². The lowest BCUT2D eigenvalue weighted by Gasteiger charge is -2.06. The SMILES string of the molecule is CNc1cccc(C(=O)NCCc2ccc[nH]2)c1. The maximum Gasteiger partial charge on any atom is 0.251 e. The van der Waals surface area contributed by atoms with Crippen LogP contribution in [0.1, 0.15) is 16.1 Å². The summed E-state index contributed by atoms with van der Waals surface area (Å²) in [6.07, 6.45) is 2.69. The van der Waals surface area contributed by atoms with Crippen molar-refractivity contribution in [3.8, 4) is 0 Å². The standard InChI is InChI=1S/C14H17N3O/c1-15-13-5-2-4-11(10-13)14(18)17-9-7-12-6-3-8-16-12/h2-6,8,10,15-16H,7,9H2,1H3,(H,17,18). The fraction of sp³-hybridized carbons (Fsp3) is 0.214. The second-order valence-electron chi connectivity index (χ2n) is 4.03. The molecule has 1 aromatic heterocycles. The van der Waals surface area contributed by atoms with Gasteiger partial charge in [0.1, 0.15) is 0 Å². The average Bonchev–Trinajstić information content (AvgIpc) is 2.92. The van der Waals surface area contributed by atoms with E-state index in [1.54, 1.807) is 0 Å². The van der Waals surface area contributed by atoms with Crippen LogP contribution in [0.2, 0.25) is 0 Å². The molecule has 0 aliphatic rings. The molecule has 3 N–H and O–H groups in total. The summed E-state index contributed by atoms with van der Waals surface area (Å²) in [4.78, 5) is 15.0. The Labute approximate surface area is 106 Å². The van der Waals surface area contributed by atoms with Gasteiger partial charge in [0.15, 0.2) is 0 Å². The minimum Gasteiger partial charge on any atom is -0.388 e. The normalized spacial score (nSPS) is 10.1. The monoisotopic (exact) mass is 243 g/mol. The van der Waals surface area contributed by atoms with Crippen molar-refractivity contribution in [3.05, 3.63) is 53.9 Å². The highest BCUT2D eigenvalue weighted by Gasteiger charge is 2.05. The van der Waals surface area contributed by atoms with Gasteiger partial charge in [-0.25, -0.2) is 0 Å². The molecule has 2 rings (SSSR count). The molecule has 0 spiro atoms. The lowest BCUT2D eigenvalue weighted by atomic mass is 10.2. The van der Waals surface area contributed by atoms with Crippen molar-refractivity contribution in [2.75, 3.05) is 18.9 Å². The number of benzene rings is 1. The molecule has 0 aliphatic carbocycles. The minimum atomic E-state index is -0.0429. The van der Waals surface area contributed by atoms with Crippen molar-refractivity contribution < 1.29 is 4.79 Å². The zero-order valence-corrected chi connectivity index (χ0v) is 10.4. The highest BCUT2D eigenvalue weighted by atomic mass is 16.1. The Bertz CT molecular complexity index is 506. The zero-order chi connectivity index (χ0) is 12.8. The molecular formula is C14H17N3O. The zero-order valence-electron chi connectivity index (χ0n) is 10.4. The number of amides is 1. The molecule has 0 saturated heterocycles. The van der Waals surface area contributed by atoms with Crippen molar-refractivity contribution in [1.82, 2.24) is 10.3 Å². The highest BCUT2D eigenvalue weighted by Crippen LogP contribution is 2.09. The molecule has 94 valence electrons. The molecule has 0 fully saturated rings. The Kier molecular flexibility index (Phi) is 4.02. The summed E-state index contributed by atoms with van der Waals surface area (Å²) in [5.41, 5.74) is 2.74. The second kappa shape index (κ2) is 5.91. The predicted molar refractivity (Wildman–Crippen MR) is 72.8 cm³/mol. The number of anilines is 1. The molecule has 0 unspecified atom stereocenters. The summed E-state index contributed by atoms with van der Waals surface area (Å²) >= 11 is 0. The van der Waals surface area contributed by atoms with Gasteiger partial charge in [-0.15, -0.1) is 0 Å².